The summed E-state index contributed by atoms with van der Waals surface area (Å²) in [6, 6.07) is 9.28. The van der Waals surface area contributed by atoms with Crippen molar-refractivity contribution in [2.75, 3.05) is 13.2 Å². The van der Waals surface area contributed by atoms with Crippen LogP contribution in [0.25, 0.3) is 10.8 Å². The van der Waals surface area contributed by atoms with Crippen LogP contribution in [0.5, 0.6) is 0 Å². The van der Waals surface area contributed by atoms with E-state index in [-0.39, 0.29) is 11.5 Å². The molecule has 0 bridgehead atoms. The predicted molar refractivity (Wildman–Crippen MR) is 113 cm³/mol. The van der Waals surface area contributed by atoms with Crippen molar-refractivity contribution in [1.82, 2.24) is 0 Å². The van der Waals surface area contributed by atoms with Gasteiger partial charge < -0.3 is 9.47 Å². The van der Waals surface area contributed by atoms with E-state index in [1.807, 2.05) is 0 Å². The van der Waals surface area contributed by atoms with E-state index in [1.165, 1.54) is 18.2 Å². The number of ether oxygens (including phenoxy) is 2. The van der Waals surface area contributed by atoms with Gasteiger partial charge in [-0.25, -0.2) is 17.6 Å². The largest absolute Gasteiger partial charge is 0.351 e. The van der Waals surface area contributed by atoms with Crippen molar-refractivity contribution in [1.29, 1.82) is 0 Å². The summed E-state index contributed by atoms with van der Waals surface area (Å²) in [7, 11) is 0. The monoisotopic (exact) mass is 438 g/mol. The van der Waals surface area contributed by atoms with Crippen LogP contribution in [0, 0.1) is 53.4 Å². The summed E-state index contributed by atoms with van der Waals surface area (Å²) < 4.78 is 66.8. The van der Waals surface area contributed by atoms with E-state index < -0.39 is 29.6 Å². The Hall–Kier alpha value is -3.32. The van der Waals surface area contributed by atoms with Gasteiger partial charge in [-0.2, -0.15) is 0 Å². The number of hydrogen-bond acceptors (Lipinski definition) is 2. The number of halogens is 4. The van der Waals surface area contributed by atoms with Gasteiger partial charge in [0, 0.05) is 12.0 Å². The van der Waals surface area contributed by atoms with Crippen LogP contribution in [0.2, 0.25) is 0 Å². The average molecular weight is 438 g/mol. The van der Waals surface area contributed by atoms with Crippen LogP contribution in [0.15, 0.2) is 42.5 Å². The van der Waals surface area contributed by atoms with Gasteiger partial charge in [0.25, 0.3) is 0 Å². The van der Waals surface area contributed by atoms with Crippen LogP contribution in [0.3, 0.4) is 0 Å². The quantitative estimate of drug-likeness (QED) is 0.405. The third-order valence-electron chi connectivity index (χ3n) is 5.18. The summed E-state index contributed by atoms with van der Waals surface area (Å²) in [5.41, 5.74) is 0.518. The zero-order valence-electron chi connectivity index (χ0n) is 16.9. The summed E-state index contributed by atoms with van der Waals surface area (Å²) >= 11 is 0. The smallest absolute Gasteiger partial charge is 0.159 e. The highest BCUT2D eigenvalue weighted by Gasteiger charge is 2.21. The Morgan fingerprint density at radius 1 is 0.812 bits per heavy atom. The zero-order chi connectivity index (χ0) is 22.7. The molecule has 0 amide bonds. The Kier molecular flexibility index (Phi) is 6.46. The number of hydrogen-bond donors (Lipinski definition) is 0. The van der Waals surface area contributed by atoms with Gasteiger partial charge in [-0.05, 0) is 59.2 Å². The minimum atomic E-state index is -0.977. The Morgan fingerprint density at radius 3 is 2.12 bits per heavy atom. The normalized spacial score (nSPS) is 18.1. The van der Waals surface area contributed by atoms with E-state index in [4.69, 9.17) is 15.9 Å². The first kappa shape index (κ1) is 21.9. The Morgan fingerprint density at radius 2 is 1.47 bits per heavy atom. The van der Waals surface area contributed by atoms with Crippen LogP contribution in [-0.2, 0) is 15.9 Å². The van der Waals surface area contributed by atoms with E-state index in [0.29, 0.717) is 48.0 Å². The highest BCUT2D eigenvalue weighted by molar-refractivity contribution is 5.84. The zero-order valence-corrected chi connectivity index (χ0v) is 16.9. The fraction of sp³-hybridized carbons (Fsp3) is 0.231. The first-order valence-electron chi connectivity index (χ1n) is 10.0. The van der Waals surface area contributed by atoms with E-state index in [0.717, 1.165) is 12.1 Å². The molecule has 0 N–H and O–H groups in total. The van der Waals surface area contributed by atoms with Gasteiger partial charge in [0.2, 0.25) is 0 Å². The van der Waals surface area contributed by atoms with E-state index in [1.54, 1.807) is 12.1 Å². The maximum atomic E-state index is 14.5. The first-order valence-corrected chi connectivity index (χ1v) is 10.0. The van der Waals surface area contributed by atoms with Crippen LogP contribution in [0.1, 0.15) is 23.1 Å². The lowest BCUT2D eigenvalue weighted by Gasteiger charge is -2.26. The van der Waals surface area contributed by atoms with Gasteiger partial charge in [0.05, 0.1) is 24.7 Å². The number of terminal acetylenes is 1. The van der Waals surface area contributed by atoms with Gasteiger partial charge in [0.1, 0.15) is 11.6 Å². The van der Waals surface area contributed by atoms with Crippen molar-refractivity contribution < 1.29 is 27.0 Å². The molecule has 3 aromatic carbocycles. The molecule has 1 heterocycles. The molecule has 0 aromatic heterocycles. The highest BCUT2D eigenvalue weighted by Crippen LogP contribution is 2.21. The minimum absolute atomic E-state index is 0.0817. The average Bonchev–Trinajstić information content (AvgIpc) is 2.78. The molecule has 3 aromatic rings. The van der Waals surface area contributed by atoms with Crippen LogP contribution >= 0.6 is 0 Å². The molecular weight excluding hydrogens is 420 g/mol. The van der Waals surface area contributed by atoms with Gasteiger partial charge in [0.15, 0.2) is 17.9 Å². The van der Waals surface area contributed by atoms with Crippen molar-refractivity contribution in [2.45, 2.75) is 19.1 Å². The molecule has 1 fully saturated rings. The molecular formula is C26H18F4O2. The van der Waals surface area contributed by atoms with Crippen LogP contribution in [0.4, 0.5) is 17.6 Å². The van der Waals surface area contributed by atoms with Crippen LogP contribution < -0.4 is 0 Å². The summed E-state index contributed by atoms with van der Waals surface area (Å²) in [4.78, 5) is 0. The molecule has 0 unspecified atom stereocenters. The number of fused-ring (bicyclic) bond motifs is 1. The summed E-state index contributed by atoms with van der Waals surface area (Å²) in [6.45, 7) is 0.795. The molecule has 0 saturated carbocycles. The van der Waals surface area contributed by atoms with Crippen molar-refractivity contribution in [3.05, 3.63) is 82.4 Å². The lowest BCUT2D eigenvalue weighted by molar-refractivity contribution is -0.193. The lowest BCUT2D eigenvalue weighted by atomic mass is 10.0. The second-order valence-electron chi connectivity index (χ2n) is 7.51. The Labute approximate surface area is 183 Å². The molecule has 0 radical (unpaired) electrons. The predicted octanol–water partition coefficient (Wildman–Crippen LogP) is 5.35. The Balaban J connectivity index is 1.47. The maximum Gasteiger partial charge on any atom is 0.159 e. The standard InChI is InChI=1S/C26H18F4O2/c1-2-16-14-31-26(32-15-16)8-5-18-10-22(27)21(23(28)11-18)7-4-17-3-6-19-12-24(29)25(30)13-20(19)9-17/h1,3,6,9-13,16,26H,5,8,14-15H2. The minimum Gasteiger partial charge on any atom is -0.351 e. The second kappa shape index (κ2) is 9.44. The molecule has 0 atom stereocenters. The molecule has 1 aliphatic heterocycles. The van der Waals surface area contributed by atoms with Gasteiger partial charge in [-0.3, -0.25) is 0 Å². The topological polar surface area (TPSA) is 18.5 Å². The summed E-state index contributed by atoms with van der Waals surface area (Å²) in [6.07, 6.45) is 5.66. The molecule has 1 aliphatic rings. The Bertz CT molecular complexity index is 1240. The van der Waals surface area contributed by atoms with Gasteiger partial charge in [-0.1, -0.05) is 23.8 Å². The van der Waals surface area contributed by atoms with Gasteiger partial charge in [-0.15, -0.1) is 6.42 Å². The fourth-order valence-electron chi connectivity index (χ4n) is 3.43. The molecule has 1 saturated heterocycles. The molecule has 2 nitrogen and oxygen atoms in total. The maximum absolute atomic E-state index is 14.5. The second-order valence-corrected chi connectivity index (χ2v) is 7.51. The van der Waals surface area contributed by atoms with Gasteiger partial charge >= 0.3 is 0 Å². The lowest BCUT2D eigenvalue weighted by Crippen LogP contribution is -2.31. The number of benzene rings is 3. The van der Waals surface area contributed by atoms with E-state index in [9.17, 15) is 17.6 Å². The first-order chi connectivity index (χ1) is 15.4. The van der Waals surface area contributed by atoms with Crippen molar-refractivity contribution in [3.8, 4) is 24.2 Å². The highest BCUT2D eigenvalue weighted by atomic mass is 19.2. The molecule has 0 spiro atoms. The van der Waals surface area contributed by atoms with Crippen molar-refractivity contribution >= 4 is 10.8 Å². The van der Waals surface area contributed by atoms with Crippen molar-refractivity contribution in [2.24, 2.45) is 5.92 Å². The molecule has 0 aliphatic carbocycles. The molecule has 6 heteroatoms. The fourth-order valence-corrected chi connectivity index (χ4v) is 3.43. The van der Waals surface area contributed by atoms with E-state index >= 15 is 0 Å². The summed E-state index contributed by atoms with van der Waals surface area (Å²) in [5.74, 6) is 4.18. The summed E-state index contributed by atoms with van der Waals surface area (Å²) in [5, 5.41) is 0.935. The van der Waals surface area contributed by atoms with Crippen LogP contribution in [-0.4, -0.2) is 19.5 Å². The third kappa shape index (κ3) is 4.94. The van der Waals surface area contributed by atoms with E-state index in [2.05, 4.69) is 17.8 Å². The number of rotatable bonds is 3. The number of aryl methyl sites for hydroxylation is 1. The molecule has 162 valence electrons. The van der Waals surface area contributed by atoms with Crippen molar-refractivity contribution in [3.63, 3.8) is 0 Å². The SMILES string of the molecule is C#CC1COC(CCc2cc(F)c(C#Cc3ccc4cc(F)c(F)cc4c3)c(F)c2)OC1. The molecule has 32 heavy (non-hydrogen) atoms. The molecule has 4 rings (SSSR count). The third-order valence-corrected chi connectivity index (χ3v) is 5.18.